The summed E-state index contributed by atoms with van der Waals surface area (Å²) in [7, 11) is 0. The molecule has 0 spiro atoms. The largest absolute Gasteiger partial charge is 0.340 e. The number of fused-ring (bicyclic) bond motifs is 3. The van der Waals surface area contributed by atoms with Crippen molar-refractivity contribution in [2.45, 2.75) is 46.0 Å². The molecule has 24 heavy (non-hydrogen) atoms. The number of benzene rings is 1. The highest BCUT2D eigenvalue weighted by atomic mass is 35.5. The molecular weight excluding hydrogens is 338 g/mol. The van der Waals surface area contributed by atoms with E-state index in [1.54, 1.807) is 11.3 Å². The Morgan fingerprint density at radius 1 is 1.00 bits per heavy atom. The van der Waals surface area contributed by atoms with Gasteiger partial charge >= 0.3 is 0 Å². The smallest absolute Gasteiger partial charge is 0.225 e. The van der Waals surface area contributed by atoms with Gasteiger partial charge in [-0.15, -0.1) is 11.3 Å². The van der Waals surface area contributed by atoms with E-state index >= 15 is 0 Å². The molecule has 0 bridgehead atoms. The summed E-state index contributed by atoms with van der Waals surface area (Å²) in [6.45, 7) is 4.22. The lowest BCUT2D eigenvalue weighted by molar-refractivity contribution is 0.713. The van der Waals surface area contributed by atoms with Crippen LogP contribution in [0, 0.1) is 13.8 Å². The standard InChI is InChI=1S/C19H20ClN3S/c1-11-8-12(2)10-13(9-11)21-17-16-14-6-4-3-5-7-15(14)24-18(16)23-19(20)22-17/h8-10H,3-7H2,1-2H3,(H,21,22,23). The zero-order valence-electron chi connectivity index (χ0n) is 13.9. The van der Waals surface area contributed by atoms with Gasteiger partial charge in [0.25, 0.3) is 0 Å². The second-order valence-corrected chi connectivity index (χ2v) is 8.01. The molecule has 1 aliphatic carbocycles. The third kappa shape index (κ3) is 3.01. The van der Waals surface area contributed by atoms with Crippen LogP contribution in [0.4, 0.5) is 11.5 Å². The molecule has 2 heterocycles. The van der Waals surface area contributed by atoms with Crippen molar-refractivity contribution < 1.29 is 0 Å². The van der Waals surface area contributed by atoms with Gasteiger partial charge in [-0.3, -0.25) is 0 Å². The van der Waals surface area contributed by atoms with Gasteiger partial charge in [0, 0.05) is 10.6 Å². The molecule has 2 aromatic heterocycles. The van der Waals surface area contributed by atoms with Crippen molar-refractivity contribution in [3.63, 3.8) is 0 Å². The molecule has 0 saturated heterocycles. The predicted octanol–water partition coefficient (Wildman–Crippen LogP) is 5.97. The van der Waals surface area contributed by atoms with Gasteiger partial charge in [0.1, 0.15) is 10.6 Å². The number of rotatable bonds is 2. The Balaban J connectivity index is 1.86. The van der Waals surface area contributed by atoms with Gasteiger partial charge in [-0.1, -0.05) is 12.5 Å². The van der Waals surface area contributed by atoms with Crippen molar-refractivity contribution >= 4 is 44.7 Å². The summed E-state index contributed by atoms with van der Waals surface area (Å²) < 4.78 is 0. The van der Waals surface area contributed by atoms with Crippen molar-refractivity contribution in [2.75, 3.05) is 5.32 Å². The highest BCUT2D eigenvalue weighted by Crippen LogP contribution is 2.39. The lowest BCUT2D eigenvalue weighted by atomic mass is 10.1. The van der Waals surface area contributed by atoms with E-state index in [2.05, 4.69) is 47.3 Å². The lowest BCUT2D eigenvalue weighted by Crippen LogP contribution is -1.98. The molecule has 0 unspecified atom stereocenters. The first-order valence-electron chi connectivity index (χ1n) is 8.43. The summed E-state index contributed by atoms with van der Waals surface area (Å²) in [6, 6.07) is 6.45. The van der Waals surface area contributed by atoms with E-state index in [1.165, 1.54) is 46.2 Å². The summed E-state index contributed by atoms with van der Waals surface area (Å²) in [6.07, 6.45) is 6.07. The van der Waals surface area contributed by atoms with Gasteiger partial charge in [-0.25, -0.2) is 4.98 Å². The van der Waals surface area contributed by atoms with E-state index in [9.17, 15) is 0 Å². The van der Waals surface area contributed by atoms with Crippen LogP contribution in [0.1, 0.15) is 40.8 Å². The Labute approximate surface area is 151 Å². The maximum atomic E-state index is 6.19. The number of hydrogen-bond donors (Lipinski definition) is 1. The molecule has 124 valence electrons. The molecule has 0 saturated carbocycles. The fourth-order valence-corrected chi connectivity index (χ4v) is 5.06. The van der Waals surface area contributed by atoms with E-state index in [-0.39, 0.29) is 0 Å². The fraction of sp³-hybridized carbons (Fsp3) is 0.368. The van der Waals surface area contributed by atoms with Crippen LogP contribution in [0.15, 0.2) is 18.2 Å². The molecule has 0 aliphatic heterocycles. The van der Waals surface area contributed by atoms with Crippen molar-refractivity contribution in [2.24, 2.45) is 0 Å². The third-order valence-electron chi connectivity index (χ3n) is 4.52. The highest BCUT2D eigenvalue weighted by molar-refractivity contribution is 7.19. The number of halogens is 1. The van der Waals surface area contributed by atoms with E-state index < -0.39 is 0 Å². The minimum atomic E-state index is 0.311. The monoisotopic (exact) mass is 357 g/mol. The van der Waals surface area contributed by atoms with Crippen LogP contribution in [0.25, 0.3) is 10.2 Å². The van der Waals surface area contributed by atoms with E-state index in [4.69, 9.17) is 11.6 Å². The quantitative estimate of drug-likeness (QED) is 0.453. The van der Waals surface area contributed by atoms with Crippen LogP contribution >= 0.6 is 22.9 Å². The van der Waals surface area contributed by atoms with Gasteiger partial charge in [0.2, 0.25) is 5.28 Å². The Morgan fingerprint density at radius 2 is 1.75 bits per heavy atom. The van der Waals surface area contributed by atoms with Gasteiger partial charge < -0.3 is 5.32 Å². The summed E-state index contributed by atoms with van der Waals surface area (Å²) in [4.78, 5) is 11.5. The number of thiophene rings is 1. The summed E-state index contributed by atoms with van der Waals surface area (Å²) in [5.41, 5.74) is 4.95. The fourth-order valence-electron chi connectivity index (χ4n) is 3.58. The molecule has 3 nitrogen and oxygen atoms in total. The molecule has 0 atom stereocenters. The zero-order valence-corrected chi connectivity index (χ0v) is 15.5. The molecule has 1 aromatic carbocycles. The first-order chi connectivity index (χ1) is 11.6. The normalized spacial score (nSPS) is 14.5. The maximum Gasteiger partial charge on any atom is 0.225 e. The second kappa shape index (κ2) is 6.34. The molecule has 1 aliphatic rings. The lowest BCUT2D eigenvalue weighted by Gasteiger charge is -2.10. The van der Waals surface area contributed by atoms with Crippen LogP contribution in [0.2, 0.25) is 5.28 Å². The number of aryl methyl sites for hydroxylation is 4. The number of anilines is 2. The minimum Gasteiger partial charge on any atom is -0.340 e. The Bertz CT molecular complexity index is 896. The maximum absolute atomic E-state index is 6.19. The zero-order chi connectivity index (χ0) is 16.7. The van der Waals surface area contributed by atoms with Gasteiger partial charge in [-0.2, -0.15) is 4.98 Å². The second-order valence-electron chi connectivity index (χ2n) is 6.59. The van der Waals surface area contributed by atoms with Crippen molar-refractivity contribution in [1.29, 1.82) is 0 Å². The highest BCUT2D eigenvalue weighted by Gasteiger charge is 2.20. The first-order valence-corrected chi connectivity index (χ1v) is 9.63. The number of hydrogen-bond acceptors (Lipinski definition) is 4. The van der Waals surface area contributed by atoms with Crippen LogP contribution in [0.5, 0.6) is 0 Å². The van der Waals surface area contributed by atoms with Gasteiger partial charge in [0.15, 0.2) is 0 Å². The molecule has 0 amide bonds. The molecule has 0 fully saturated rings. The van der Waals surface area contributed by atoms with Crippen molar-refractivity contribution in [3.05, 3.63) is 45.1 Å². The molecular formula is C19H20ClN3S. The Hall–Kier alpha value is -1.65. The van der Waals surface area contributed by atoms with Crippen LogP contribution in [0.3, 0.4) is 0 Å². The predicted molar refractivity (Wildman–Crippen MR) is 103 cm³/mol. The van der Waals surface area contributed by atoms with Crippen LogP contribution in [-0.4, -0.2) is 9.97 Å². The number of nitrogens with zero attached hydrogens (tertiary/aromatic N) is 2. The van der Waals surface area contributed by atoms with E-state index in [0.29, 0.717) is 5.28 Å². The average Bonchev–Trinajstić information content (AvgIpc) is 2.68. The average molecular weight is 358 g/mol. The summed E-state index contributed by atoms with van der Waals surface area (Å²) >= 11 is 7.98. The van der Waals surface area contributed by atoms with Gasteiger partial charge in [0.05, 0.1) is 5.39 Å². The van der Waals surface area contributed by atoms with Crippen molar-refractivity contribution in [3.8, 4) is 0 Å². The van der Waals surface area contributed by atoms with Crippen LogP contribution < -0.4 is 5.32 Å². The first kappa shape index (κ1) is 15.9. The number of nitrogens with one attached hydrogen (secondary N) is 1. The van der Waals surface area contributed by atoms with Gasteiger partial charge in [-0.05, 0) is 80.0 Å². The Kier molecular flexibility index (Phi) is 4.19. The summed E-state index contributed by atoms with van der Waals surface area (Å²) in [5, 5.41) is 4.98. The van der Waals surface area contributed by atoms with E-state index in [1.807, 2.05) is 0 Å². The molecule has 0 radical (unpaired) electrons. The van der Waals surface area contributed by atoms with Crippen molar-refractivity contribution in [1.82, 2.24) is 9.97 Å². The molecule has 4 rings (SSSR count). The van der Waals surface area contributed by atoms with Crippen LogP contribution in [-0.2, 0) is 12.8 Å². The molecule has 3 aromatic rings. The van der Waals surface area contributed by atoms with E-state index in [0.717, 1.165) is 29.2 Å². The number of aromatic nitrogens is 2. The third-order valence-corrected chi connectivity index (χ3v) is 5.88. The molecule has 5 heteroatoms. The minimum absolute atomic E-state index is 0.311. The summed E-state index contributed by atoms with van der Waals surface area (Å²) in [5.74, 6) is 0.842. The topological polar surface area (TPSA) is 37.8 Å². The molecule has 1 N–H and O–H groups in total. The Morgan fingerprint density at radius 3 is 2.54 bits per heavy atom. The SMILES string of the molecule is Cc1cc(C)cc(Nc2nc(Cl)nc3sc4c(c23)CCCCC4)c1.